The minimum Gasteiger partial charge on any atom is -0.481 e. The highest BCUT2D eigenvalue weighted by molar-refractivity contribution is 5.97. The maximum atomic E-state index is 13.5. The van der Waals surface area contributed by atoms with Gasteiger partial charge in [-0.15, -0.1) is 5.10 Å². The van der Waals surface area contributed by atoms with E-state index in [-0.39, 0.29) is 74.2 Å². The van der Waals surface area contributed by atoms with Gasteiger partial charge < -0.3 is 73.9 Å². The lowest BCUT2D eigenvalue weighted by molar-refractivity contribution is -0.140. The molecule has 27 nitrogen and oxygen atoms in total. The Hall–Kier alpha value is -8.30. The van der Waals surface area contributed by atoms with Crippen LogP contribution in [0.1, 0.15) is 150 Å². The van der Waals surface area contributed by atoms with Gasteiger partial charge in [-0.25, -0.2) is 0 Å². The number of carboxylic acids is 1. The third-order valence-corrected chi connectivity index (χ3v) is 13.7. The molecule has 6 atom stereocenters. The van der Waals surface area contributed by atoms with Gasteiger partial charge in [0.2, 0.25) is 47.3 Å². The number of aromatic nitrogens is 3. The lowest BCUT2D eigenvalue weighted by Gasteiger charge is -2.28. The molecule has 0 radical (unpaired) electrons. The number of hydrogen-bond acceptors (Lipinski definition) is 15. The summed E-state index contributed by atoms with van der Waals surface area (Å²) in [6.45, 7) is 25.3. The average Bonchev–Trinajstić information content (AvgIpc) is 1.78. The zero-order chi connectivity index (χ0) is 68.3. The summed E-state index contributed by atoms with van der Waals surface area (Å²) < 4.78 is 13.4. The highest BCUT2D eigenvalue weighted by Gasteiger charge is 2.31. The fourth-order valence-corrected chi connectivity index (χ4v) is 8.68. The number of carbonyl (C=O) groups excluding carboxylic acids is 8. The van der Waals surface area contributed by atoms with E-state index in [1.54, 1.807) is 22.7 Å². The Morgan fingerprint density at radius 3 is 2.02 bits per heavy atom. The molecule has 4 rings (SSSR count). The van der Waals surface area contributed by atoms with E-state index in [0.29, 0.717) is 69.8 Å². The molecule has 1 aliphatic rings. The molecule has 6 unspecified atom stereocenters. The Morgan fingerprint density at radius 1 is 0.868 bits per heavy atom. The van der Waals surface area contributed by atoms with E-state index in [2.05, 4.69) is 78.2 Å². The van der Waals surface area contributed by atoms with E-state index in [1.807, 2.05) is 104 Å². The molecule has 3 aromatic rings. The highest BCUT2D eigenvalue weighted by Crippen LogP contribution is 2.16. The van der Waals surface area contributed by atoms with Crippen LogP contribution in [-0.2, 0) is 72.0 Å². The van der Waals surface area contributed by atoms with Gasteiger partial charge >= 0.3 is 5.97 Å². The fourth-order valence-electron chi connectivity index (χ4n) is 8.68. The number of nitrogens with one attached hydrogen (secondary N) is 7. The molecule has 0 bridgehead atoms. The summed E-state index contributed by atoms with van der Waals surface area (Å²) in [5.41, 5.74) is 20.0. The summed E-state index contributed by atoms with van der Waals surface area (Å²) in [4.78, 5) is 119. The van der Waals surface area contributed by atoms with Crippen LogP contribution in [-0.4, -0.2) is 172 Å². The molecule has 1 saturated heterocycles. The van der Waals surface area contributed by atoms with E-state index in [1.165, 1.54) is 5.56 Å². The molecule has 91 heavy (non-hydrogen) atoms. The van der Waals surface area contributed by atoms with E-state index in [0.717, 1.165) is 24.8 Å². The van der Waals surface area contributed by atoms with Gasteiger partial charge in [0.1, 0.15) is 24.2 Å². The van der Waals surface area contributed by atoms with Crippen molar-refractivity contribution >= 4 is 59.2 Å². The Labute approximate surface area is 537 Å². The third kappa shape index (κ3) is 36.2. The lowest BCUT2D eigenvalue weighted by atomic mass is 10.0. The van der Waals surface area contributed by atoms with Gasteiger partial charge in [-0.1, -0.05) is 106 Å². The van der Waals surface area contributed by atoms with Crippen molar-refractivity contribution in [3.8, 4) is 0 Å². The molecule has 1 aliphatic heterocycles. The van der Waals surface area contributed by atoms with Crippen molar-refractivity contribution in [3.63, 3.8) is 0 Å². The number of rotatable bonds is 32. The van der Waals surface area contributed by atoms with Crippen molar-refractivity contribution < 1.29 is 57.7 Å². The molecule has 27 heteroatoms. The molecule has 8 amide bonds. The molecular weight excluding hydrogens is 1170 g/mol. The van der Waals surface area contributed by atoms with Crippen molar-refractivity contribution in [1.29, 1.82) is 0 Å². The molecule has 2 heterocycles. The minimum atomic E-state index is -1.54. The normalized spacial score (nSPS) is 16.3. The molecule has 2 aromatic carbocycles. The van der Waals surface area contributed by atoms with Crippen LogP contribution in [0.15, 0.2) is 84.1 Å². The summed E-state index contributed by atoms with van der Waals surface area (Å²) in [6.07, 6.45) is 6.14. The number of benzene rings is 2. The number of ether oxygens (including phenoxy) is 2. The second kappa shape index (κ2) is 45.9. The van der Waals surface area contributed by atoms with E-state index >= 15 is 0 Å². The first-order valence-electron chi connectivity index (χ1n) is 31.5. The van der Waals surface area contributed by atoms with Gasteiger partial charge in [0.15, 0.2) is 5.96 Å². The summed E-state index contributed by atoms with van der Waals surface area (Å²) in [6, 6.07) is 14.8. The number of nitrogens with two attached hydrogens (primary N) is 3. The van der Waals surface area contributed by atoms with Crippen molar-refractivity contribution in [2.75, 3.05) is 45.9 Å². The number of nitrogens with zero attached hydrogens (tertiary/aromatic N) is 5. The summed E-state index contributed by atoms with van der Waals surface area (Å²) in [7, 11) is 0. The van der Waals surface area contributed by atoms with E-state index in [9.17, 15) is 48.3 Å². The minimum absolute atomic E-state index is 0.0235. The largest absolute Gasteiger partial charge is 0.481 e. The van der Waals surface area contributed by atoms with Gasteiger partial charge in [-0.2, -0.15) is 0 Å². The third-order valence-electron chi connectivity index (χ3n) is 13.7. The summed E-state index contributed by atoms with van der Waals surface area (Å²) in [5, 5.41) is 35.2. The number of carbonyl (C=O) groups is 9. The highest BCUT2D eigenvalue weighted by atomic mass is 16.5. The van der Waals surface area contributed by atoms with Crippen molar-refractivity contribution in [1.82, 2.24) is 57.1 Å². The Bertz CT molecular complexity index is 2710. The number of aliphatic imine (C=N–C) groups is 1. The van der Waals surface area contributed by atoms with Crippen molar-refractivity contribution in [2.45, 2.75) is 201 Å². The first-order chi connectivity index (χ1) is 43.3. The number of carboxylic acid groups (broad SMARTS) is 1. The average molecular weight is 1280 g/mol. The monoisotopic (exact) mass is 1280 g/mol. The topological polar surface area (TPSA) is 401 Å². The van der Waals surface area contributed by atoms with Gasteiger partial charge in [0, 0.05) is 70.5 Å². The number of hydrogen-bond donors (Lipinski definition) is 11. The van der Waals surface area contributed by atoms with Gasteiger partial charge in [-0.05, 0) is 105 Å². The van der Waals surface area contributed by atoms with Crippen molar-refractivity contribution in [3.05, 3.63) is 96.0 Å². The Balaban J connectivity index is 0.00000102. The van der Waals surface area contributed by atoms with Crippen molar-refractivity contribution in [2.24, 2.45) is 22.2 Å². The SMILES string of the molecule is C=C(C)N(CCC)C(=O)C(Cc1ccccc1)NC(=O)C(N)CC.CC.CCOC(C)(C)CCOC(C)CCn1cc(CCC(=O)NCCCCC2NC(=O)CNC(=O)C(CC(=O)O)NC(=O)CNC(=O)C(CCCN=C(N)N)NC2=O)nn1.Cc1ccccc1. The van der Waals surface area contributed by atoms with Crippen LogP contribution in [0.4, 0.5) is 0 Å². The standard InChI is InChI=1S/C36H62N12O10.C19H29N3O2.C7H8.C2H6/c1-5-58-36(3,4)14-18-57-23(2)13-17-48-22-24(46-47-48)11-12-28(49)39-15-7-6-9-26-34(56)45-25(10-8-16-40-35(37)38)32(54)41-21-30(51)44-27(19-31(52)53)33(55)42-20-29(50)43-26;1-5-12-22(14(3)4)19(24)17(21-18(23)16(20)6-2)13-15-10-8-7-9-11-15;1-7-5-3-2-4-6-7;1-2/h22-23,25-27H,5-21H2,1-4H3,(H,39,49)(H,41,54)(H,42,55)(H,43,50)(H,44,51)(H,45,56)(H,52,53)(H4,37,38,40);7-11,16-17H,3,5-6,12-13,20H2,1-2,4H3,(H,21,23);2-6H,1H3;1-2H3. The first-order valence-corrected chi connectivity index (χ1v) is 31.5. The van der Waals surface area contributed by atoms with Crippen LogP contribution in [0.25, 0.3) is 0 Å². The number of allylic oxidation sites excluding steroid dienone is 1. The van der Waals surface area contributed by atoms with Gasteiger partial charge in [0.25, 0.3) is 0 Å². The number of guanidine groups is 1. The van der Waals surface area contributed by atoms with Crippen LogP contribution in [0.5, 0.6) is 0 Å². The van der Waals surface area contributed by atoms with Crippen LogP contribution in [0.2, 0.25) is 0 Å². The molecule has 14 N–H and O–H groups in total. The van der Waals surface area contributed by atoms with Crippen LogP contribution in [0, 0.1) is 6.92 Å². The van der Waals surface area contributed by atoms with Crippen LogP contribution >= 0.6 is 0 Å². The van der Waals surface area contributed by atoms with Gasteiger partial charge in [0.05, 0.1) is 43.0 Å². The Kier molecular flexibility index (Phi) is 40.7. The number of aryl methyl sites for hydroxylation is 3. The van der Waals surface area contributed by atoms with E-state index < -0.39 is 85.2 Å². The first kappa shape index (κ1) is 80.7. The summed E-state index contributed by atoms with van der Waals surface area (Å²) >= 11 is 0. The molecule has 0 aliphatic carbocycles. The fraction of sp³-hybridized carbons (Fsp3) is 0.594. The Morgan fingerprint density at radius 2 is 1.46 bits per heavy atom. The molecular formula is C64H105N15O12. The second-order valence-electron chi connectivity index (χ2n) is 22.2. The zero-order valence-corrected chi connectivity index (χ0v) is 55.3. The van der Waals surface area contributed by atoms with E-state index in [4.69, 9.17) is 26.7 Å². The van der Waals surface area contributed by atoms with Crippen LogP contribution < -0.4 is 54.4 Å². The molecule has 0 saturated carbocycles. The molecule has 0 spiro atoms. The predicted octanol–water partition coefficient (Wildman–Crippen LogP) is 2.97. The quantitative estimate of drug-likeness (QED) is 0.0243. The number of unbranched alkanes of at least 4 members (excludes halogenated alkanes) is 1. The maximum absolute atomic E-state index is 13.5. The lowest BCUT2D eigenvalue weighted by Crippen LogP contribution is -2.55. The van der Waals surface area contributed by atoms with Gasteiger partial charge in [-0.3, -0.25) is 52.8 Å². The molecule has 1 aromatic heterocycles. The smallest absolute Gasteiger partial charge is 0.305 e. The number of amides is 8. The predicted molar refractivity (Wildman–Crippen MR) is 349 cm³/mol. The maximum Gasteiger partial charge on any atom is 0.305 e. The second-order valence-corrected chi connectivity index (χ2v) is 22.2. The van der Waals surface area contributed by atoms with Crippen LogP contribution in [0.3, 0.4) is 0 Å². The molecule has 1 fully saturated rings. The zero-order valence-electron chi connectivity index (χ0n) is 55.3. The number of aliphatic carboxylic acids is 1. The summed E-state index contributed by atoms with van der Waals surface area (Å²) in [5.74, 6) is -6.24. The molecule has 508 valence electrons.